The molecule has 1 aromatic rings. The van der Waals surface area contributed by atoms with Crippen LogP contribution in [0.25, 0.3) is 0 Å². The normalized spacial score (nSPS) is 30.9. The fourth-order valence-corrected chi connectivity index (χ4v) is 5.57. The van der Waals surface area contributed by atoms with Crippen LogP contribution in [-0.4, -0.2) is 10.6 Å². The molecule has 26 heavy (non-hydrogen) atoms. The second-order valence-corrected chi connectivity index (χ2v) is 9.28. The highest BCUT2D eigenvalue weighted by molar-refractivity contribution is 14.1. The first kappa shape index (κ1) is 20.5. The van der Waals surface area contributed by atoms with Gasteiger partial charge in [-0.2, -0.15) is 0 Å². The van der Waals surface area contributed by atoms with Gasteiger partial charge in [-0.05, 0) is 92.7 Å². The summed E-state index contributed by atoms with van der Waals surface area (Å²) < 4.78 is 40.6. The highest BCUT2D eigenvalue weighted by Crippen LogP contribution is 2.44. The summed E-state index contributed by atoms with van der Waals surface area (Å²) >= 11 is 2.13. The van der Waals surface area contributed by atoms with Crippen LogP contribution in [0.2, 0.25) is 0 Å². The smallest absolute Gasteiger partial charge is 0.159 e. The molecule has 0 saturated heterocycles. The maximum atomic E-state index is 13.5. The van der Waals surface area contributed by atoms with Crippen LogP contribution < -0.4 is 0 Å². The summed E-state index contributed by atoms with van der Waals surface area (Å²) in [6, 6.07) is 4.40. The van der Waals surface area contributed by atoms with E-state index in [4.69, 9.17) is 0 Å². The molecule has 0 bridgehead atoms. The molecule has 0 heterocycles. The van der Waals surface area contributed by atoms with Crippen molar-refractivity contribution in [1.82, 2.24) is 0 Å². The first-order valence-corrected chi connectivity index (χ1v) is 11.7. The summed E-state index contributed by atoms with van der Waals surface area (Å²) in [6.45, 7) is 0. The highest BCUT2D eigenvalue weighted by Gasteiger charge is 2.31. The number of benzene rings is 1. The molecule has 2 saturated carbocycles. The van der Waals surface area contributed by atoms with Crippen LogP contribution in [0.1, 0.15) is 75.7 Å². The van der Waals surface area contributed by atoms with E-state index in [2.05, 4.69) is 22.6 Å². The molecule has 0 aromatic heterocycles. The lowest BCUT2D eigenvalue weighted by Crippen LogP contribution is -2.25. The van der Waals surface area contributed by atoms with Gasteiger partial charge in [0.25, 0.3) is 0 Å². The Morgan fingerprint density at radius 1 is 0.885 bits per heavy atom. The standard InChI is InChI=1S/C22H30F3I/c23-20(14-26)11-3-15-1-4-16(5-2-15)17-6-8-18(9-7-17)19-10-12-21(24)22(25)13-19/h10,12-13,15-18,20H,1-9,11,14H2. The molecule has 1 aromatic carbocycles. The lowest BCUT2D eigenvalue weighted by molar-refractivity contribution is 0.152. The predicted octanol–water partition coefficient (Wildman–Crippen LogP) is 7.60. The summed E-state index contributed by atoms with van der Waals surface area (Å²) in [6.07, 6.45) is 10.9. The average molecular weight is 478 g/mol. The molecule has 4 heteroatoms. The average Bonchev–Trinajstić information content (AvgIpc) is 2.69. The Hall–Kier alpha value is -0.260. The first-order chi connectivity index (χ1) is 12.6. The van der Waals surface area contributed by atoms with Gasteiger partial charge in [0.1, 0.15) is 6.17 Å². The van der Waals surface area contributed by atoms with E-state index in [0.29, 0.717) is 10.3 Å². The van der Waals surface area contributed by atoms with E-state index in [9.17, 15) is 13.2 Å². The van der Waals surface area contributed by atoms with Gasteiger partial charge in [0.2, 0.25) is 0 Å². The Morgan fingerprint density at radius 3 is 2.08 bits per heavy atom. The van der Waals surface area contributed by atoms with Crippen molar-refractivity contribution in [3.8, 4) is 0 Å². The van der Waals surface area contributed by atoms with Crippen LogP contribution >= 0.6 is 22.6 Å². The quantitative estimate of drug-likeness (QED) is 0.292. The van der Waals surface area contributed by atoms with E-state index >= 15 is 0 Å². The molecule has 146 valence electrons. The number of hydrogen-bond donors (Lipinski definition) is 0. The molecule has 0 N–H and O–H groups in total. The molecule has 0 spiro atoms. The van der Waals surface area contributed by atoms with E-state index in [1.165, 1.54) is 50.7 Å². The van der Waals surface area contributed by atoms with E-state index in [1.807, 2.05) is 0 Å². The van der Waals surface area contributed by atoms with Crippen LogP contribution in [0.3, 0.4) is 0 Å². The second kappa shape index (κ2) is 9.79. The molecule has 1 unspecified atom stereocenters. The molecule has 1 atom stereocenters. The van der Waals surface area contributed by atoms with E-state index in [-0.39, 0.29) is 0 Å². The summed E-state index contributed by atoms with van der Waals surface area (Å²) in [7, 11) is 0. The molecule has 2 aliphatic carbocycles. The van der Waals surface area contributed by atoms with Gasteiger partial charge in [-0.15, -0.1) is 0 Å². The third-order valence-corrected chi connectivity index (χ3v) is 7.76. The van der Waals surface area contributed by atoms with Crippen molar-refractivity contribution in [3.05, 3.63) is 35.4 Å². The Bertz CT molecular complexity index is 561. The zero-order valence-corrected chi connectivity index (χ0v) is 17.6. The Labute approximate surface area is 169 Å². The SMILES string of the molecule is Fc1ccc(C2CCC(C3CCC(CCC(F)CI)CC3)CC2)cc1F. The lowest BCUT2D eigenvalue weighted by atomic mass is 9.68. The number of hydrogen-bond acceptors (Lipinski definition) is 0. The van der Waals surface area contributed by atoms with Gasteiger partial charge in [-0.3, -0.25) is 0 Å². The lowest BCUT2D eigenvalue weighted by Gasteiger charge is -2.38. The molecule has 0 aliphatic heterocycles. The number of halogens is 4. The van der Waals surface area contributed by atoms with E-state index in [0.717, 1.165) is 49.0 Å². The third kappa shape index (κ3) is 5.39. The van der Waals surface area contributed by atoms with Crippen molar-refractivity contribution < 1.29 is 13.2 Å². The second-order valence-electron chi connectivity index (χ2n) is 8.39. The van der Waals surface area contributed by atoms with Crippen molar-refractivity contribution in [2.45, 2.75) is 76.3 Å². The molecule has 0 nitrogen and oxygen atoms in total. The maximum Gasteiger partial charge on any atom is 0.159 e. The van der Waals surface area contributed by atoms with Crippen LogP contribution in [0, 0.1) is 29.4 Å². The van der Waals surface area contributed by atoms with Crippen molar-refractivity contribution in [2.24, 2.45) is 17.8 Å². The summed E-state index contributed by atoms with van der Waals surface area (Å²) in [5.41, 5.74) is 0.960. The summed E-state index contributed by atoms with van der Waals surface area (Å²) in [5.74, 6) is 1.25. The van der Waals surface area contributed by atoms with Gasteiger partial charge >= 0.3 is 0 Å². The predicted molar refractivity (Wildman–Crippen MR) is 110 cm³/mol. The van der Waals surface area contributed by atoms with Gasteiger partial charge in [-0.1, -0.05) is 41.5 Å². The third-order valence-electron chi connectivity index (χ3n) is 6.80. The molecular weight excluding hydrogens is 448 g/mol. The molecule has 0 amide bonds. The first-order valence-electron chi connectivity index (χ1n) is 10.2. The fraction of sp³-hybridized carbons (Fsp3) is 0.727. The highest BCUT2D eigenvalue weighted by atomic mass is 127. The Kier molecular flexibility index (Phi) is 7.71. The van der Waals surface area contributed by atoms with Gasteiger partial charge < -0.3 is 0 Å². The largest absolute Gasteiger partial charge is 0.247 e. The molecular formula is C22H30F3I. The zero-order chi connectivity index (χ0) is 18.5. The zero-order valence-electron chi connectivity index (χ0n) is 15.4. The molecule has 3 rings (SSSR count). The van der Waals surface area contributed by atoms with Gasteiger partial charge in [0.05, 0.1) is 0 Å². The van der Waals surface area contributed by atoms with E-state index in [1.54, 1.807) is 6.07 Å². The molecule has 2 aliphatic rings. The van der Waals surface area contributed by atoms with Crippen LogP contribution in [0.15, 0.2) is 18.2 Å². The van der Waals surface area contributed by atoms with Crippen LogP contribution in [-0.2, 0) is 0 Å². The Balaban J connectivity index is 1.42. The Morgan fingerprint density at radius 2 is 1.50 bits per heavy atom. The fourth-order valence-electron chi connectivity index (χ4n) is 5.13. The van der Waals surface area contributed by atoms with E-state index < -0.39 is 17.8 Å². The molecule has 0 radical (unpaired) electrons. The van der Waals surface area contributed by atoms with Crippen molar-refractivity contribution >= 4 is 22.6 Å². The number of alkyl halides is 2. The van der Waals surface area contributed by atoms with Crippen molar-refractivity contribution in [3.63, 3.8) is 0 Å². The minimum absolute atomic E-state index is 0.382. The summed E-state index contributed by atoms with van der Waals surface area (Å²) in [5, 5.41) is 0. The van der Waals surface area contributed by atoms with Crippen LogP contribution in [0.5, 0.6) is 0 Å². The number of rotatable bonds is 6. The molecule has 2 fully saturated rings. The van der Waals surface area contributed by atoms with Crippen LogP contribution in [0.4, 0.5) is 13.2 Å². The van der Waals surface area contributed by atoms with Crippen molar-refractivity contribution in [1.29, 1.82) is 0 Å². The summed E-state index contributed by atoms with van der Waals surface area (Å²) in [4.78, 5) is 0. The topological polar surface area (TPSA) is 0 Å². The van der Waals surface area contributed by atoms with Gasteiger partial charge in [0.15, 0.2) is 11.6 Å². The minimum Gasteiger partial charge on any atom is -0.247 e. The van der Waals surface area contributed by atoms with Gasteiger partial charge in [-0.25, -0.2) is 13.2 Å². The maximum absolute atomic E-state index is 13.5. The van der Waals surface area contributed by atoms with Crippen molar-refractivity contribution in [2.75, 3.05) is 4.43 Å². The monoisotopic (exact) mass is 478 g/mol. The van der Waals surface area contributed by atoms with Gasteiger partial charge in [0, 0.05) is 4.43 Å². The minimum atomic E-state index is -0.753.